The van der Waals surface area contributed by atoms with Crippen molar-refractivity contribution in [1.82, 2.24) is 15.1 Å². The Balaban J connectivity index is 1.56. The first-order valence-corrected chi connectivity index (χ1v) is 14.8. The fraction of sp³-hybridized carbons (Fsp3) is 0.562. The SMILES string of the molecule is CC(C)(C)N1C/C=C\CCC(=O)OC[C@@H](c2ccccc2)NC(=O)[C@@H]2[C@@H]3C=C[C@]4(O3)[C@H](C1=O)N(CCCCO)C(=O)[C@@H]24. The molecule has 2 saturated heterocycles. The summed E-state index contributed by atoms with van der Waals surface area (Å²) in [5.74, 6) is -3.09. The first-order chi connectivity index (χ1) is 20.1. The molecule has 2 N–H and O–H groups in total. The molecular formula is C32H41N3O7. The lowest BCUT2D eigenvalue weighted by molar-refractivity contribution is -0.150. The molecule has 1 aromatic rings. The van der Waals surface area contributed by atoms with Crippen molar-refractivity contribution in [2.75, 3.05) is 26.3 Å². The van der Waals surface area contributed by atoms with Crippen LogP contribution in [-0.4, -0.2) is 88.2 Å². The minimum atomic E-state index is -1.28. The van der Waals surface area contributed by atoms with Gasteiger partial charge in [0.25, 0.3) is 0 Å². The van der Waals surface area contributed by atoms with Gasteiger partial charge in [-0.05, 0) is 45.6 Å². The summed E-state index contributed by atoms with van der Waals surface area (Å²) in [4.78, 5) is 58.5. The Bertz CT molecular complexity index is 1260. The van der Waals surface area contributed by atoms with Crippen LogP contribution in [0.1, 0.15) is 58.1 Å². The maximum Gasteiger partial charge on any atom is 0.306 e. The van der Waals surface area contributed by atoms with E-state index < -0.39 is 47.1 Å². The number of nitrogens with one attached hydrogen (secondary N) is 1. The number of esters is 1. The number of carbonyl (C=O) groups excluding carboxylic acids is 4. The van der Waals surface area contributed by atoms with E-state index >= 15 is 0 Å². The molecule has 4 aliphatic heterocycles. The van der Waals surface area contributed by atoms with Crippen molar-refractivity contribution in [3.05, 3.63) is 60.2 Å². The van der Waals surface area contributed by atoms with E-state index in [1.165, 1.54) is 0 Å². The van der Waals surface area contributed by atoms with Gasteiger partial charge in [0, 0.05) is 31.7 Å². The first-order valence-electron chi connectivity index (χ1n) is 14.8. The monoisotopic (exact) mass is 579 g/mol. The van der Waals surface area contributed by atoms with Crippen LogP contribution < -0.4 is 5.32 Å². The second-order valence-corrected chi connectivity index (χ2v) is 12.4. The van der Waals surface area contributed by atoms with Crippen LogP contribution in [0.15, 0.2) is 54.6 Å². The Kier molecular flexibility index (Phi) is 8.57. The predicted molar refractivity (Wildman–Crippen MR) is 154 cm³/mol. The molecule has 10 nitrogen and oxygen atoms in total. The van der Waals surface area contributed by atoms with E-state index in [1.54, 1.807) is 22.0 Å². The molecule has 0 aliphatic carbocycles. The number of allylic oxidation sites excluding steroid dienone is 1. The molecule has 226 valence electrons. The minimum absolute atomic E-state index is 0.0247. The molecule has 10 heteroatoms. The smallest absolute Gasteiger partial charge is 0.306 e. The first kappa shape index (κ1) is 30.0. The predicted octanol–water partition coefficient (Wildman–Crippen LogP) is 2.29. The molecule has 3 amide bonds. The lowest BCUT2D eigenvalue weighted by atomic mass is 9.74. The van der Waals surface area contributed by atoms with Gasteiger partial charge >= 0.3 is 5.97 Å². The quantitative estimate of drug-likeness (QED) is 0.312. The number of fused-ring (bicyclic) bond motifs is 2. The van der Waals surface area contributed by atoms with E-state index in [9.17, 15) is 24.3 Å². The van der Waals surface area contributed by atoms with Gasteiger partial charge in [0.05, 0.1) is 24.0 Å². The number of aliphatic hydroxyl groups is 1. The Hall–Kier alpha value is -3.50. The summed E-state index contributed by atoms with van der Waals surface area (Å²) in [5.41, 5.74) is -1.10. The van der Waals surface area contributed by atoms with Crippen molar-refractivity contribution in [2.45, 2.75) is 75.8 Å². The molecule has 5 bridgehead atoms. The van der Waals surface area contributed by atoms with Gasteiger partial charge < -0.3 is 29.7 Å². The van der Waals surface area contributed by atoms with Crippen LogP contribution in [0.5, 0.6) is 0 Å². The number of aliphatic hydroxyl groups excluding tert-OH is 1. The number of hydrogen-bond acceptors (Lipinski definition) is 7. The van der Waals surface area contributed by atoms with Crippen molar-refractivity contribution >= 4 is 23.7 Å². The number of amides is 3. The van der Waals surface area contributed by atoms with E-state index in [2.05, 4.69) is 5.32 Å². The molecule has 1 aromatic carbocycles. The molecular weight excluding hydrogens is 538 g/mol. The molecule has 4 heterocycles. The number of carbonyl (C=O) groups is 4. The molecule has 4 aliphatic rings. The lowest BCUT2D eigenvalue weighted by Crippen LogP contribution is -2.59. The van der Waals surface area contributed by atoms with Crippen LogP contribution in [0, 0.1) is 11.8 Å². The summed E-state index contributed by atoms with van der Waals surface area (Å²) >= 11 is 0. The van der Waals surface area contributed by atoms with Gasteiger partial charge in [0.1, 0.15) is 18.2 Å². The van der Waals surface area contributed by atoms with Gasteiger partial charge in [-0.15, -0.1) is 0 Å². The highest BCUT2D eigenvalue weighted by Gasteiger charge is 2.73. The molecule has 0 aromatic heterocycles. The van der Waals surface area contributed by atoms with Crippen molar-refractivity contribution < 1.29 is 33.8 Å². The summed E-state index contributed by atoms with van der Waals surface area (Å²) < 4.78 is 12.1. The Morgan fingerprint density at radius 3 is 2.52 bits per heavy atom. The van der Waals surface area contributed by atoms with Gasteiger partial charge in [-0.2, -0.15) is 0 Å². The van der Waals surface area contributed by atoms with Crippen molar-refractivity contribution in [2.24, 2.45) is 11.8 Å². The second kappa shape index (κ2) is 12.0. The van der Waals surface area contributed by atoms with E-state index in [0.29, 0.717) is 19.3 Å². The van der Waals surface area contributed by atoms with Gasteiger partial charge in [-0.1, -0.05) is 54.6 Å². The Morgan fingerprint density at radius 2 is 1.81 bits per heavy atom. The number of cyclic esters (lactones) is 1. The van der Waals surface area contributed by atoms with Crippen molar-refractivity contribution in [3.8, 4) is 0 Å². The number of hydrogen-bond donors (Lipinski definition) is 2. The minimum Gasteiger partial charge on any atom is -0.463 e. The second-order valence-electron chi connectivity index (χ2n) is 12.4. The zero-order valence-electron chi connectivity index (χ0n) is 24.5. The molecule has 2 fully saturated rings. The summed E-state index contributed by atoms with van der Waals surface area (Å²) in [6.07, 6.45) is 8.23. The number of unbranched alkanes of at least 4 members (excludes halogenated alkanes) is 1. The van der Waals surface area contributed by atoms with Crippen LogP contribution in [0.3, 0.4) is 0 Å². The van der Waals surface area contributed by atoms with Crippen LogP contribution in [0.25, 0.3) is 0 Å². The van der Waals surface area contributed by atoms with E-state index in [4.69, 9.17) is 9.47 Å². The summed E-state index contributed by atoms with van der Waals surface area (Å²) in [6, 6.07) is 7.67. The number of benzene rings is 1. The standard InChI is InChI=1S/C32H41N3O7/c1-31(2,3)35-18-9-5-8-14-24(37)41-20-22(21-12-6-4-7-13-21)33-28(38)25-23-15-16-32(42-23)26(25)29(39)34(17-10-11-19-36)27(32)30(35)40/h4-7,9,12-13,15-16,22-23,25-27,36H,8,10-11,14,17-20H2,1-3H3,(H,33,38)/b9-5-/t22-,23-,25+,26+,27-,32+/m0/s1. The van der Waals surface area contributed by atoms with Gasteiger partial charge in [-0.25, -0.2) is 0 Å². The average Bonchev–Trinajstić information content (AvgIpc) is 3.59. The number of nitrogens with zero attached hydrogens (tertiary/aromatic N) is 2. The number of rotatable bonds is 5. The molecule has 0 radical (unpaired) electrons. The highest BCUT2D eigenvalue weighted by atomic mass is 16.5. The lowest BCUT2D eigenvalue weighted by Gasteiger charge is -2.41. The van der Waals surface area contributed by atoms with Gasteiger partial charge in [0.15, 0.2) is 0 Å². The number of likely N-dealkylation sites (tertiary alicyclic amines) is 1. The van der Waals surface area contributed by atoms with Crippen molar-refractivity contribution in [1.29, 1.82) is 0 Å². The van der Waals surface area contributed by atoms with Crippen LogP contribution in [0.2, 0.25) is 0 Å². The van der Waals surface area contributed by atoms with Crippen LogP contribution in [0.4, 0.5) is 0 Å². The third-order valence-corrected chi connectivity index (χ3v) is 8.69. The summed E-state index contributed by atoms with van der Waals surface area (Å²) in [6.45, 7) is 6.27. The molecule has 0 unspecified atom stereocenters. The summed E-state index contributed by atoms with van der Waals surface area (Å²) in [5, 5.41) is 12.4. The Labute approximate surface area is 246 Å². The Morgan fingerprint density at radius 1 is 1.05 bits per heavy atom. The molecule has 5 rings (SSSR count). The average molecular weight is 580 g/mol. The zero-order valence-corrected chi connectivity index (χ0v) is 24.5. The fourth-order valence-electron chi connectivity index (χ4n) is 6.65. The largest absolute Gasteiger partial charge is 0.463 e. The summed E-state index contributed by atoms with van der Waals surface area (Å²) in [7, 11) is 0. The molecule has 1 spiro atoms. The maximum absolute atomic E-state index is 14.5. The normalized spacial score (nSPS) is 32.6. The number of ether oxygens (including phenoxy) is 2. The third kappa shape index (κ3) is 5.49. The maximum atomic E-state index is 14.5. The van der Waals surface area contributed by atoms with E-state index in [-0.39, 0.29) is 50.5 Å². The third-order valence-electron chi connectivity index (χ3n) is 8.69. The molecule has 0 saturated carbocycles. The highest BCUT2D eigenvalue weighted by molar-refractivity contribution is 6.00. The molecule has 6 atom stereocenters. The van der Waals surface area contributed by atoms with Gasteiger partial charge in [0.2, 0.25) is 17.7 Å². The van der Waals surface area contributed by atoms with Gasteiger partial charge in [-0.3, -0.25) is 19.2 Å². The van der Waals surface area contributed by atoms with Crippen molar-refractivity contribution in [3.63, 3.8) is 0 Å². The van der Waals surface area contributed by atoms with Crippen LogP contribution in [-0.2, 0) is 28.7 Å². The highest BCUT2D eigenvalue weighted by Crippen LogP contribution is 2.55. The van der Waals surface area contributed by atoms with E-state index in [1.807, 2.05) is 63.3 Å². The zero-order chi connectivity index (χ0) is 30.1. The molecule has 42 heavy (non-hydrogen) atoms. The van der Waals surface area contributed by atoms with Crippen LogP contribution >= 0.6 is 0 Å². The fourth-order valence-corrected chi connectivity index (χ4v) is 6.65. The van der Waals surface area contributed by atoms with E-state index in [0.717, 1.165) is 5.56 Å². The topological polar surface area (TPSA) is 125 Å².